The summed E-state index contributed by atoms with van der Waals surface area (Å²) in [6, 6.07) is 12.8. The third kappa shape index (κ3) is 3.78. The quantitative estimate of drug-likeness (QED) is 0.806. The van der Waals surface area contributed by atoms with Crippen molar-refractivity contribution in [3.8, 4) is 11.5 Å². The third-order valence-corrected chi connectivity index (χ3v) is 5.59. The van der Waals surface area contributed by atoms with Crippen molar-refractivity contribution in [2.24, 2.45) is 5.92 Å². The molecule has 2 aromatic rings. The number of carbonyl (C=O) groups is 2. The number of halogens is 1. The fraction of sp³-hybridized carbons (Fsp3) is 0.300. The highest BCUT2D eigenvalue weighted by Gasteiger charge is 2.28. The van der Waals surface area contributed by atoms with E-state index in [1.54, 1.807) is 18.2 Å². The van der Waals surface area contributed by atoms with E-state index in [2.05, 4.69) is 21.2 Å². The van der Waals surface area contributed by atoms with Gasteiger partial charge in [0, 0.05) is 35.2 Å². The lowest BCUT2D eigenvalue weighted by molar-refractivity contribution is -0.121. The summed E-state index contributed by atoms with van der Waals surface area (Å²) in [6.07, 6.45) is 1.29. The Morgan fingerprint density at radius 2 is 1.78 bits per heavy atom. The van der Waals surface area contributed by atoms with E-state index in [4.69, 9.17) is 9.47 Å². The van der Waals surface area contributed by atoms with Gasteiger partial charge in [-0.05, 0) is 53.0 Å². The molecule has 0 bridgehead atoms. The number of likely N-dealkylation sites (tertiary alicyclic amines) is 1. The number of fused-ring (bicyclic) bond motifs is 1. The van der Waals surface area contributed by atoms with E-state index >= 15 is 0 Å². The van der Waals surface area contributed by atoms with Crippen molar-refractivity contribution in [2.75, 3.05) is 25.2 Å². The highest BCUT2D eigenvalue weighted by Crippen LogP contribution is 2.34. The molecule has 0 aliphatic carbocycles. The van der Waals surface area contributed by atoms with Crippen LogP contribution >= 0.6 is 15.9 Å². The molecule has 140 valence electrons. The molecule has 2 amide bonds. The smallest absolute Gasteiger partial charge is 0.254 e. The summed E-state index contributed by atoms with van der Waals surface area (Å²) in [5.41, 5.74) is 1.34. The summed E-state index contributed by atoms with van der Waals surface area (Å²) in [6.45, 7) is 1.34. The van der Waals surface area contributed by atoms with Gasteiger partial charge >= 0.3 is 0 Å². The van der Waals surface area contributed by atoms with Gasteiger partial charge in [0.05, 0.1) is 5.56 Å². The Morgan fingerprint density at radius 1 is 1.04 bits per heavy atom. The van der Waals surface area contributed by atoms with Crippen molar-refractivity contribution in [2.45, 2.75) is 12.8 Å². The number of benzene rings is 2. The number of ether oxygens (including phenoxy) is 2. The molecule has 1 saturated heterocycles. The Bertz CT molecular complexity index is 878. The Morgan fingerprint density at radius 3 is 2.56 bits per heavy atom. The predicted octanol–water partition coefficient (Wildman–Crippen LogP) is 3.67. The second kappa shape index (κ2) is 7.60. The van der Waals surface area contributed by atoms with E-state index in [1.165, 1.54) is 0 Å². The average Bonchev–Trinajstić information content (AvgIpc) is 3.16. The van der Waals surface area contributed by atoms with Gasteiger partial charge in [-0.25, -0.2) is 0 Å². The second-order valence-corrected chi connectivity index (χ2v) is 7.46. The molecule has 7 heteroatoms. The summed E-state index contributed by atoms with van der Waals surface area (Å²) < 4.78 is 11.4. The van der Waals surface area contributed by atoms with Crippen LogP contribution in [0.3, 0.4) is 0 Å². The van der Waals surface area contributed by atoms with Crippen molar-refractivity contribution in [1.29, 1.82) is 0 Å². The van der Waals surface area contributed by atoms with Crippen LogP contribution in [-0.4, -0.2) is 36.6 Å². The molecule has 2 aliphatic heterocycles. The Labute approximate surface area is 165 Å². The number of nitrogens with one attached hydrogen (secondary N) is 1. The van der Waals surface area contributed by atoms with Gasteiger partial charge in [0.25, 0.3) is 5.91 Å². The fourth-order valence-electron chi connectivity index (χ4n) is 3.37. The fourth-order valence-corrected chi connectivity index (χ4v) is 3.82. The van der Waals surface area contributed by atoms with E-state index in [0.717, 1.165) is 4.47 Å². The van der Waals surface area contributed by atoms with Crippen LogP contribution in [0.15, 0.2) is 46.9 Å². The first-order valence-corrected chi connectivity index (χ1v) is 9.65. The summed E-state index contributed by atoms with van der Waals surface area (Å²) in [5.74, 6) is 1.19. The largest absolute Gasteiger partial charge is 0.454 e. The lowest BCUT2D eigenvalue weighted by Gasteiger charge is -2.31. The molecule has 2 heterocycles. The molecule has 0 aromatic heterocycles. The zero-order chi connectivity index (χ0) is 18.8. The van der Waals surface area contributed by atoms with Gasteiger partial charge in [-0.1, -0.05) is 12.1 Å². The molecule has 0 atom stereocenters. The van der Waals surface area contributed by atoms with Gasteiger partial charge in [-0.2, -0.15) is 0 Å². The van der Waals surface area contributed by atoms with Crippen LogP contribution < -0.4 is 14.8 Å². The first-order chi connectivity index (χ1) is 13.1. The number of hydrogen-bond donors (Lipinski definition) is 1. The molecule has 6 nitrogen and oxygen atoms in total. The normalized spacial score (nSPS) is 16.3. The first kappa shape index (κ1) is 17.9. The Hall–Kier alpha value is -2.54. The second-order valence-electron chi connectivity index (χ2n) is 6.60. The Balaban J connectivity index is 1.34. The van der Waals surface area contributed by atoms with Crippen LogP contribution in [-0.2, 0) is 4.79 Å². The number of carbonyl (C=O) groups excluding carboxylic acids is 2. The maximum atomic E-state index is 12.7. The molecule has 2 aliphatic rings. The van der Waals surface area contributed by atoms with Crippen molar-refractivity contribution in [3.05, 3.63) is 52.5 Å². The van der Waals surface area contributed by atoms with Gasteiger partial charge in [-0.15, -0.1) is 0 Å². The van der Waals surface area contributed by atoms with Crippen LogP contribution in [0.2, 0.25) is 0 Å². The molecule has 1 N–H and O–H groups in total. The standard InChI is InChI=1S/C20H19BrN2O4/c21-16-4-2-1-3-15(16)20(25)23-9-7-13(8-10-23)19(24)22-14-5-6-17-18(11-14)27-12-26-17/h1-6,11,13H,7-10,12H2,(H,22,24). The highest BCUT2D eigenvalue weighted by atomic mass is 79.9. The minimum absolute atomic E-state index is 0.00268. The van der Waals surface area contributed by atoms with Gasteiger partial charge in [0.1, 0.15) is 0 Å². The maximum absolute atomic E-state index is 12.7. The number of anilines is 1. The maximum Gasteiger partial charge on any atom is 0.254 e. The summed E-state index contributed by atoms with van der Waals surface area (Å²) in [5, 5.41) is 2.94. The number of piperidine rings is 1. The average molecular weight is 431 g/mol. The van der Waals surface area contributed by atoms with Crippen LogP contribution in [0.1, 0.15) is 23.2 Å². The van der Waals surface area contributed by atoms with E-state index in [-0.39, 0.29) is 24.5 Å². The van der Waals surface area contributed by atoms with Crippen molar-refractivity contribution < 1.29 is 19.1 Å². The molecule has 0 saturated carbocycles. The molecular formula is C20H19BrN2O4. The zero-order valence-electron chi connectivity index (χ0n) is 14.6. The van der Waals surface area contributed by atoms with E-state index in [1.807, 2.05) is 29.2 Å². The number of nitrogens with zero attached hydrogens (tertiary/aromatic N) is 1. The highest BCUT2D eigenvalue weighted by molar-refractivity contribution is 9.10. The minimum Gasteiger partial charge on any atom is -0.454 e. The van der Waals surface area contributed by atoms with Crippen LogP contribution in [0, 0.1) is 5.92 Å². The van der Waals surface area contributed by atoms with Gasteiger partial charge in [-0.3, -0.25) is 9.59 Å². The summed E-state index contributed by atoms with van der Waals surface area (Å²) in [4.78, 5) is 27.1. The molecule has 2 aromatic carbocycles. The number of hydrogen-bond acceptors (Lipinski definition) is 4. The lowest BCUT2D eigenvalue weighted by atomic mass is 9.95. The minimum atomic E-state index is -0.112. The van der Waals surface area contributed by atoms with Gasteiger partial charge in [0.2, 0.25) is 12.7 Å². The molecule has 0 unspecified atom stereocenters. The van der Waals surface area contributed by atoms with Gasteiger partial charge < -0.3 is 19.7 Å². The molecular weight excluding hydrogens is 412 g/mol. The van der Waals surface area contributed by atoms with Crippen LogP contribution in [0.4, 0.5) is 5.69 Å². The number of rotatable bonds is 3. The summed E-state index contributed by atoms with van der Waals surface area (Å²) in [7, 11) is 0. The molecule has 4 rings (SSSR count). The van der Waals surface area contributed by atoms with Gasteiger partial charge in [0.15, 0.2) is 11.5 Å². The lowest BCUT2D eigenvalue weighted by Crippen LogP contribution is -2.41. The van der Waals surface area contributed by atoms with Crippen molar-refractivity contribution >= 4 is 33.4 Å². The monoisotopic (exact) mass is 430 g/mol. The van der Waals surface area contributed by atoms with E-state index in [0.29, 0.717) is 48.7 Å². The van der Waals surface area contributed by atoms with Crippen LogP contribution in [0.25, 0.3) is 0 Å². The van der Waals surface area contributed by atoms with Crippen LogP contribution in [0.5, 0.6) is 11.5 Å². The van der Waals surface area contributed by atoms with E-state index in [9.17, 15) is 9.59 Å². The van der Waals surface area contributed by atoms with E-state index < -0.39 is 0 Å². The topological polar surface area (TPSA) is 67.9 Å². The first-order valence-electron chi connectivity index (χ1n) is 8.86. The van der Waals surface area contributed by atoms with Crippen molar-refractivity contribution in [3.63, 3.8) is 0 Å². The SMILES string of the molecule is O=C(Nc1ccc2c(c1)OCO2)C1CCN(C(=O)c2ccccc2Br)CC1. The molecule has 0 spiro atoms. The summed E-state index contributed by atoms with van der Waals surface area (Å²) >= 11 is 3.43. The number of amides is 2. The molecule has 1 fully saturated rings. The third-order valence-electron chi connectivity index (χ3n) is 4.90. The predicted molar refractivity (Wildman–Crippen MR) is 104 cm³/mol. The zero-order valence-corrected chi connectivity index (χ0v) is 16.2. The Kier molecular flexibility index (Phi) is 5.03. The molecule has 27 heavy (non-hydrogen) atoms. The molecule has 0 radical (unpaired) electrons. The van der Waals surface area contributed by atoms with Crippen molar-refractivity contribution in [1.82, 2.24) is 4.90 Å².